The van der Waals surface area contributed by atoms with E-state index in [0.717, 1.165) is 11.4 Å². The lowest BCUT2D eigenvalue weighted by atomic mass is 10.3. The molecule has 0 unspecified atom stereocenters. The number of nitrogen functional groups attached to an aromatic ring is 1. The Balaban J connectivity index is 3.05. The molecule has 0 radical (unpaired) electrons. The summed E-state index contributed by atoms with van der Waals surface area (Å²) in [4.78, 5) is 0. The molecule has 0 saturated carbocycles. The highest BCUT2D eigenvalue weighted by Gasteiger charge is 1.99. The molecule has 0 saturated heterocycles. The fourth-order valence-electron chi connectivity index (χ4n) is 0.767. The van der Waals surface area contributed by atoms with Crippen molar-refractivity contribution in [1.29, 1.82) is 0 Å². The summed E-state index contributed by atoms with van der Waals surface area (Å²) in [7, 11) is 0. The zero-order chi connectivity index (χ0) is 7.56. The third-order valence-electron chi connectivity index (χ3n) is 1.34. The summed E-state index contributed by atoms with van der Waals surface area (Å²) in [6.45, 7) is 1.80. The highest BCUT2D eigenvalue weighted by atomic mass is 15.3. The number of hydrazone groups is 1. The number of nitrogens with two attached hydrogens (primary N) is 2. The summed E-state index contributed by atoms with van der Waals surface area (Å²) >= 11 is 0. The lowest BCUT2D eigenvalue weighted by molar-refractivity contribution is 0.997. The minimum absolute atomic E-state index is 0.729. The van der Waals surface area contributed by atoms with Gasteiger partial charge in [-0.3, -0.25) is 4.68 Å². The van der Waals surface area contributed by atoms with Crippen LogP contribution >= 0.6 is 0 Å². The normalized spacial score (nSPS) is 11.9. The smallest absolute Gasteiger partial charge is 0.0847 e. The molecule has 1 aromatic heterocycles. The van der Waals surface area contributed by atoms with E-state index in [1.807, 2.05) is 12.1 Å². The van der Waals surface area contributed by atoms with Gasteiger partial charge in [0.2, 0.25) is 0 Å². The summed E-state index contributed by atoms with van der Waals surface area (Å²) in [5.41, 5.74) is 1.56. The van der Waals surface area contributed by atoms with E-state index in [2.05, 4.69) is 5.10 Å². The summed E-state index contributed by atoms with van der Waals surface area (Å²) in [5, 5.41) is 3.51. The van der Waals surface area contributed by atoms with Gasteiger partial charge in [0.15, 0.2) is 0 Å². The fraction of sp³-hybridized carbons (Fsp3) is 0.167. The second kappa shape index (κ2) is 2.43. The van der Waals surface area contributed by atoms with Crippen LogP contribution in [0.1, 0.15) is 12.6 Å². The maximum atomic E-state index is 5.50. The first-order valence-corrected chi connectivity index (χ1v) is 2.93. The Morgan fingerprint density at radius 1 is 1.70 bits per heavy atom. The molecule has 1 rings (SSSR count). The SMILES string of the molecule is C/C(=N/N)c1cccn1N. The number of nitrogens with zero attached hydrogens (tertiary/aromatic N) is 2. The monoisotopic (exact) mass is 138 g/mol. The van der Waals surface area contributed by atoms with Crippen LogP contribution in [0, 0.1) is 0 Å². The molecule has 0 aliphatic rings. The summed E-state index contributed by atoms with van der Waals surface area (Å²) in [6.07, 6.45) is 1.74. The third-order valence-corrected chi connectivity index (χ3v) is 1.34. The lowest BCUT2D eigenvalue weighted by Gasteiger charge is -1.99. The molecule has 0 aromatic carbocycles. The van der Waals surface area contributed by atoms with Crippen molar-refractivity contribution in [2.45, 2.75) is 6.92 Å². The molecular weight excluding hydrogens is 128 g/mol. The average molecular weight is 138 g/mol. The second-order valence-electron chi connectivity index (χ2n) is 2.02. The van der Waals surface area contributed by atoms with Crippen LogP contribution in [-0.2, 0) is 0 Å². The van der Waals surface area contributed by atoms with E-state index in [9.17, 15) is 0 Å². The molecule has 0 spiro atoms. The van der Waals surface area contributed by atoms with Gasteiger partial charge in [0.1, 0.15) is 0 Å². The van der Waals surface area contributed by atoms with Crippen molar-refractivity contribution in [3.05, 3.63) is 24.0 Å². The van der Waals surface area contributed by atoms with Gasteiger partial charge in [-0.2, -0.15) is 5.10 Å². The average Bonchev–Trinajstić information content (AvgIpc) is 2.34. The number of hydrogen-bond donors (Lipinski definition) is 2. The van der Waals surface area contributed by atoms with Gasteiger partial charge in [0.25, 0.3) is 0 Å². The molecule has 0 aliphatic heterocycles. The molecule has 0 amide bonds. The predicted octanol–water partition coefficient (Wildman–Crippen LogP) is -0.115. The van der Waals surface area contributed by atoms with Gasteiger partial charge < -0.3 is 11.7 Å². The van der Waals surface area contributed by atoms with Crippen molar-refractivity contribution in [3.63, 3.8) is 0 Å². The van der Waals surface area contributed by atoms with Crippen molar-refractivity contribution >= 4 is 5.71 Å². The van der Waals surface area contributed by atoms with Crippen LogP contribution in [-0.4, -0.2) is 10.4 Å². The lowest BCUT2D eigenvalue weighted by Crippen LogP contribution is -2.14. The van der Waals surface area contributed by atoms with E-state index in [4.69, 9.17) is 11.7 Å². The second-order valence-corrected chi connectivity index (χ2v) is 2.02. The first-order chi connectivity index (χ1) is 4.75. The van der Waals surface area contributed by atoms with E-state index in [-0.39, 0.29) is 0 Å². The number of hydrogen-bond acceptors (Lipinski definition) is 3. The van der Waals surface area contributed by atoms with Gasteiger partial charge in [0, 0.05) is 6.20 Å². The Labute approximate surface area is 59.1 Å². The van der Waals surface area contributed by atoms with Crippen molar-refractivity contribution in [1.82, 2.24) is 4.68 Å². The van der Waals surface area contributed by atoms with E-state index in [1.54, 1.807) is 13.1 Å². The van der Waals surface area contributed by atoms with Crippen molar-refractivity contribution in [2.75, 3.05) is 5.84 Å². The van der Waals surface area contributed by atoms with Gasteiger partial charge in [-0.1, -0.05) is 0 Å². The van der Waals surface area contributed by atoms with Gasteiger partial charge >= 0.3 is 0 Å². The maximum absolute atomic E-state index is 5.50. The quantitative estimate of drug-likeness (QED) is 0.323. The minimum Gasteiger partial charge on any atom is -0.339 e. The van der Waals surface area contributed by atoms with Crippen LogP contribution in [0.4, 0.5) is 0 Å². The summed E-state index contributed by atoms with van der Waals surface area (Å²) < 4.78 is 1.48. The van der Waals surface area contributed by atoms with Crippen molar-refractivity contribution < 1.29 is 0 Å². The Kier molecular flexibility index (Phi) is 1.62. The zero-order valence-electron chi connectivity index (χ0n) is 5.78. The molecule has 10 heavy (non-hydrogen) atoms. The molecule has 0 atom stereocenters. The molecule has 1 aromatic rings. The molecule has 4 heteroatoms. The first-order valence-electron chi connectivity index (χ1n) is 2.93. The first kappa shape index (κ1) is 6.67. The van der Waals surface area contributed by atoms with E-state index >= 15 is 0 Å². The highest BCUT2D eigenvalue weighted by Crippen LogP contribution is 1.98. The molecule has 4 nitrogen and oxygen atoms in total. The van der Waals surface area contributed by atoms with Gasteiger partial charge in [-0.15, -0.1) is 0 Å². The largest absolute Gasteiger partial charge is 0.339 e. The van der Waals surface area contributed by atoms with Crippen LogP contribution < -0.4 is 11.7 Å². The van der Waals surface area contributed by atoms with Crippen molar-refractivity contribution in [2.24, 2.45) is 10.9 Å². The van der Waals surface area contributed by atoms with Crippen molar-refractivity contribution in [3.8, 4) is 0 Å². The molecular formula is C6H10N4. The fourth-order valence-corrected chi connectivity index (χ4v) is 0.767. The Bertz CT molecular complexity index is 248. The Hall–Kier alpha value is -1.45. The Morgan fingerprint density at radius 3 is 2.80 bits per heavy atom. The van der Waals surface area contributed by atoms with Crippen LogP contribution in [0.5, 0.6) is 0 Å². The summed E-state index contributed by atoms with van der Waals surface area (Å²) in [5.74, 6) is 10.5. The van der Waals surface area contributed by atoms with E-state index in [0.29, 0.717) is 0 Å². The Morgan fingerprint density at radius 2 is 2.40 bits per heavy atom. The summed E-state index contributed by atoms with van der Waals surface area (Å²) in [6, 6.07) is 3.69. The van der Waals surface area contributed by atoms with Gasteiger partial charge in [-0.05, 0) is 19.1 Å². The topological polar surface area (TPSA) is 69.3 Å². The maximum Gasteiger partial charge on any atom is 0.0847 e. The molecule has 1 heterocycles. The zero-order valence-corrected chi connectivity index (χ0v) is 5.78. The van der Waals surface area contributed by atoms with Crippen LogP contribution in [0.25, 0.3) is 0 Å². The standard InChI is InChI=1S/C6H10N4/c1-5(9-7)6-3-2-4-10(6)8/h2-4H,7-8H2,1H3/b9-5-. The molecule has 54 valence electrons. The molecule has 0 bridgehead atoms. The number of rotatable bonds is 1. The third kappa shape index (κ3) is 0.953. The molecule has 0 aliphatic carbocycles. The van der Waals surface area contributed by atoms with E-state index < -0.39 is 0 Å². The van der Waals surface area contributed by atoms with E-state index in [1.165, 1.54) is 4.68 Å². The minimum atomic E-state index is 0.729. The highest BCUT2D eigenvalue weighted by molar-refractivity contribution is 5.97. The molecule has 0 fully saturated rings. The predicted molar refractivity (Wildman–Crippen MR) is 41.0 cm³/mol. The van der Waals surface area contributed by atoms with Gasteiger partial charge in [-0.25, -0.2) is 0 Å². The van der Waals surface area contributed by atoms with Gasteiger partial charge in [0.05, 0.1) is 11.4 Å². The van der Waals surface area contributed by atoms with Crippen LogP contribution in [0.3, 0.4) is 0 Å². The van der Waals surface area contributed by atoms with Crippen LogP contribution in [0.2, 0.25) is 0 Å². The molecule has 4 N–H and O–H groups in total. The van der Waals surface area contributed by atoms with Crippen LogP contribution in [0.15, 0.2) is 23.4 Å². The number of aromatic nitrogens is 1.